The van der Waals surface area contributed by atoms with E-state index in [2.05, 4.69) is 44.3 Å². The average Bonchev–Trinajstić information content (AvgIpc) is 2.39. The lowest BCUT2D eigenvalue weighted by atomic mass is 9.87. The number of hydrogen-bond acceptors (Lipinski definition) is 1. The normalized spacial score (nSPS) is 16.7. The SMILES string of the molecule is CC(C)(C)Cc1ccc2c(c1)CCCNC2. The third kappa shape index (κ3) is 3.08. The minimum Gasteiger partial charge on any atom is -0.313 e. The van der Waals surface area contributed by atoms with Gasteiger partial charge in [-0.1, -0.05) is 39.0 Å². The Hall–Kier alpha value is -0.820. The maximum atomic E-state index is 3.47. The first-order valence-corrected chi connectivity index (χ1v) is 6.36. The molecule has 1 aliphatic rings. The third-order valence-corrected chi connectivity index (χ3v) is 3.12. The predicted octanol–water partition coefficient (Wildman–Crippen LogP) is 3.31. The summed E-state index contributed by atoms with van der Waals surface area (Å²) in [5.41, 5.74) is 4.94. The van der Waals surface area contributed by atoms with Crippen molar-refractivity contribution in [2.24, 2.45) is 5.41 Å². The van der Waals surface area contributed by atoms with Crippen LogP contribution in [0.2, 0.25) is 0 Å². The van der Waals surface area contributed by atoms with Crippen molar-refractivity contribution in [2.75, 3.05) is 6.54 Å². The summed E-state index contributed by atoms with van der Waals surface area (Å²) >= 11 is 0. The van der Waals surface area contributed by atoms with Gasteiger partial charge in [-0.2, -0.15) is 0 Å². The highest BCUT2D eigenvalue weighted by molar-refractivity contribution is 5.33. The lowest BCUT2D eigenvalue weighted by Gasteiger charge is -2.19. The van der Waals surface area contributed by atoms with Crippen LogP contribution in [0.1, 0.15) is 43.9 Å². The second kappa shape index (κ2) is 4.58. The molecule has 88 valence electrons. The predicted molar refractivity (Wildman–Crippen MR) is 69.6 cm³/mol. The average molecular weight is 217 g/mol. The smallest absolute Gasteiger partial charge is 0.0208 e. The molecule has 0 saturated carbocycles. The van der Waals surface area contributed by atoms with E-state index in [1.807, 2.05) is 0 Å². The van der Waals surface area contributed by atoms with Crippen molar-refractivity contribution in [1.29, 1.82) is 0 Å². The van der Waals surface area contributed by atoms with Crippen molar-refractivity contribution in [3.8, 4) is 0 Å². The number of benzene rings is 1. The minimum absolute atomic E-state index is 0.386. The monoisotopic (exact) mass is 217 g/mol. The van der Waals surface area contributed by atoms with Gasteiger partial charge in [-0.15, -0.1) is 0 Å². The van der Waals surface area contributed by atoms with E-state index >= 15 is 0 Å². The molecular weight excluding hydrogens is 194 g/mol. The quantitative estimate of drug-likeness (QED) is 0.761. The molecule has 16 heavy (non-hydrogen) atoms. The maximum Gasteiger partial charge on any atom is 0.0208 e. The van der Waals surface area contributed by atoms with E-state index < -0.39 is 0 Å². The van der Waals surface area contributed by atoms with Gasteiger partial charge in [0.2, 0.25) is 0 Å². The molecule has 2 rings (SSSR count). The van der Waals surface area contributed by atoms with Gasteiger partial charge >= 0.3 is 0 Å². The first-order chi connectivity index (χ1) is 7.54. The van der Waals surface area contributed by atoms with Gasteiger partial charge in [0, 0.05) is 6.54 Å². The van der Waals surface area contributed by atoms with Crippen LogP contribution in [0, 0.1) is 5.41 Å². The Balaban J connectivity index is 2.21. The molecular formula is C15H23N. The Kier molecular flexibility index (Phi) is 3.34. The summed E-state index contributed by atoms with van der Waals surface area (Å²) in [6.07, 6.45) is 3.68. The molecule has 0 fully saturated rings. The summed E-state index contributed by atoms with van der Waals surface area (Å²) in [7, 11) is 0. The van der Waals surface area contributed by atoms with Crippen molar-refractivity contribution >= 4 is 0 Å². The molecule has 1 heterocycles. The maximum absolute atomic E-state index is 3.47. The Morgan fingerprint density at radius 2 is 2.00 bits per heavy atom. The summed E-state index contributed by atoms with van der Waals surface area (Å²) in [6, 6.07) is 7.04. The van der Waals surface area contributed by atoms with Gasteiger partial charge in [-0.3, -0.25) is 0 Å². The van der Waals surface area contributed by atoms with Gasteiger partial charge in [0.15, 0.2) is 0 Å². The van der Waals surface area contributed by atoms with Crippen LogP contribution in [0.25, 0.3) is 0 Å². The molecule has 0 atom stereocenters. The molecule has 1 N–H and O–H groups in total. The highest BCUT2D eigenvalue weighted by Gasteiger charge is 2.13. The molecule has 0 saturated heterocycles. The van der Waals surface area contributed by atoms with Crippen LogP contribution in [-0.2, 0) is 19.4 Å². The molecule has 0 aliphatic carbocycles. The largest absolute Gasteiger partial charge is 0.313 e. The van der Waals surface area contributed by atoms with Gasteiger partial charge in [0.25, 0.3) is 0 Å². The number of nitrogens with one attached hydrogen (secondary N) is 1. The zero-order valence-electron chi connectivity index (χ0n) is 10.8. The van der Waals surface area contributed by atoms with Crippen LogP contribution in [-0.4, -0.2) is 6.54 Å². The van der Waals surface area contributed by atoms with Crippen molar-refractivity contribution in [1.82, 2.24) is 5.32 Å². The Morgan fingerprint density at radius 1 is 1.19 bits per heavy atom. The number of rotatable bonds is 1. The molecule has 0 spiro atoms. The van der Waals surface area contributed by atoms with E-state index in [0.717, 1.165) is 13.1 Å². The zero-order valence-corrected chi connectivity index (χ0v) is 10.8. The van der Waals surface area contributed by atoms with Gasteiger partial charge < -0.3 is 5.32 Å². The second-order valence-electron chi connectivity index (χ2n) is 6.12. The number of aryl methyl sites for hydroxylation is 1. The molecule has 1 aromatic rings. The lowest BCUT2D eigenvalue weighted by Crippen LogP contribution is -2.12. The van der Waals surface area contributed by atoms with Gasteiger partial charge in [-0.05, 0) is 47.9 Å². The van der Waals surface area contributed by atoms with E-state index in [4.69, 9.17) is 0 Å². The molecule has 0 unspecified atom stereocenters. The Morgan fingerprint density at radius 3 is 2.75 bits per heavy atom. The van der Waals surface area contributed by atoms with Crippen molar-refractivity contribution in [3.05, 3.63) is 34.9 Å². The molecule has 1 aromatic carbocycles. The molecule has 0 radical (unpaired) electrons. The van der Waals surface area contributed by atoms with E-state index in [9.17, 15) is 0 Å². The number of hydrogen-bond donors (Lipinski definition) is 1. The van der Waals surface area contributed by atoms with Crippen molar-refractivity contribution in [2.45, 2.75) is 46.6 Å². The first-order valence-electron chi connectivity index (χ1n) is 6.36. The third-order valence-electron chi connectivity index (χ3n) is 3.12. The van der Waals surface area contributed by atoms with E-state index in [-0.39, 0.29) is 0 Å². The number of fused-ring (bicyclic) bond motifs is 1. The van der Waals surface area contributed by atoms with E-state index in [1.165, 1.54) is 30.4 Å². The summed E-state index contributed by atoms with van der Waals surface area (Å²) in [6.45, 7) is 9.12. The lowest BCUT2D eigenvalue weighted by molar-refractivity contribution is 0.411. The van der Waals surface area contributed by atoms with Crippen LogP contribution < -0.4 is 5.32 Å². The molecule has 1 nitrogen and oxygen atoms in total. The van der Waals surface area contributed by atoms with E-state index in [0.29, 0.717) is 5.41 Å². The molecule has 0 bridgehead atoms. The fourth-order valence-corrected chi connectivity index (χ4v) is 2.43. The van der Waals surface area contributed by atoms with Crippen molar-refractivity contribution < 1.29 is 0 Å². The van der Waals surface area contributed by atoms with Crippen LogP contribution in [0.4, 0.5) is 0 Å². The van der Waals surface area contributed by atoms with Gasteiger partial charge in [0.05, 0.1) is 0 Å². The topological polar surface area (TPSA) is 12.0 Å². The van der Waals surface area contributed by atoms with Crippen LogP contribution in [0.5, 0.6) is 0 Å². The standard InChI is InChI=1S/C15H23N/c1-15(2,3)10-12-6-7-14-11-16-8-4-5-13(14)9-12/h6-7,9,16H,4-5,8,10-11H2,1-3H3. The van der Waals surface area contributed by atoms with Crippen LogP contribution >= 0.6 is 0 Å². The molecule has 1 aliphatic heterocycles. The summed E-state index contributed by atoms with van der Waals surface area (Å²) in [5, 5.41) is 3.47. The van der Waals surface area contributed by atoms with E-state index in [1.54, 1.807) is 5.56 Å². The summed E-state index contributed by atoms with van der Waals surface area (Å²) < 4.78 is 0. The van der Waals surface area contributed by atoms with Crippen LogP contribution in [0.15, 0.2) is 18.2 Å². The van der Waals surface area contributed by atoms with Gasteiger partial charge in [0.1, 0.15) is 0 Å². The van der Waals surface area contributed by atoms with Crippen LogP contribution in [0.3, 0.4) is 0 Å². The minimum atomic E-state index is 0.386. The zero-order chi connectivity index (χ0) is 11.6. The summed E-state index contributed by atoms with van der Waals surface area (Å²) in [5.74, 6) is 0. The highest BCUT2D eigenvalue weighted by atomic mass is 14.8. The fourth-order valence-electron chi connectivity index (χ4n) is 2.43. The second-order valence-corrected chi connectivity index (χ2v) is 6.12. The summed E-state index contributed by atoms with van der Waals surface area (Å²) in [4.78, 5) is 0. The molecule has 1 heteroatoms. The molecule has 0 amide bonds. The van der Waals surface area contributed by atoms with Crippen molar-refractivity contribution in [3.63, 3.8) is 0 Å². The Bertz CT molecular complexity index is 360. The van der Waals surface area contributed by atoms with Gasteiger partial charge in [-0.25, -0.2) is 0 Å². The molecule has 0 aromatic heterocycles. The highest BCUT2D eigenvalue weighted by Crippen LogP contribution is 2.23. The first kappa shape index (κ1) is 11.7. The fraction of sp³-hybridized carbons (Fsp3) is 0.600. The Labute approximate surface area is 99.3 Å².